The van der Waals surface area contributed by atoms with Crippen molar-refractivity contribution in [1.82, 2.24) is 4.57 Å². The highest BCUT2D eigenvalue weighted by atomic mass is 79.9. The summed E-state index contributed by atoms with van der Waals surface area (Å²) in [6.45, 7) is 7.43. The molecule has 0 bridgehead atoms. The topological polar surface area (TPSA) is 57.2 Å². The summed E-state index contributed by atoms with van der Waals surface area (Å²) in [6, 6.07) is 0. The van der Waals surface area contributed by atoms with Crippen molar-refractivity contribution in [2.75, 3.05) is 13.7 Å². The number of carbonyl (C=O) groups excluding carboxylic acids is 1. The van der Waals surface area contributed by atoms with E-state index in [1.165, 1.54) is 0 Å². The third-order valence-corrected chi connectivity index (χ3v) is 3.62. The van der Waals surface area contributed by atoms with Crippen LogP contribution in [0.4, 0.5) is 0 Å². The molecule has 0 aliphatic heterocycles. The predicted octanol–water partition coefficient (Wildman–Crippen LogP) is 2.43. The largest absolute Gasteiger partial charge is 0.383 e. The van der Waals surface area contributed by atoms with Gasteiger partial charge in [0.05, 0.1) is 16.6 Å². The molecule has 1 aromatic rings. The molecule has 1 amide bonds. The molecule has 0 aliphatic carbocycles. The molecule has 0 fully saturated rings. The van der Waals surface area contributed by atoms with Crippen molar-refractivity contribution in [1.29, 1.82) is 0 Å². The van der Waals surface area contributed by atoms with Crippen LogP contribution in [0, 0.1) is 6.92 Å². The fourth-order valence-corrected chi connectivity index (χ4v) is 3.20. The summed E-state index contributed by atoms with van der Waals surface area (Å²) in [5.41, 5.74) is 7.97. The molecule has 0 aliphatic rings. The van der Waals surface area contributed by atoms with Gasteiger partial charge in [-0.05, 0) is 28.8 Å². The summed E-state index contributed by atoms with van der Waals surface area (Å²) in [6.07, 6.45) is 0. The fraction of sp³-hybridized carbons (Fsp3) is 0.583. The Morgan fingerprint density at radius 2 is 2.12 bits per heavy atom. The molecule has 1 rings (SSSR count). The lowest BCUT2D eigenvalue weighted by atomic mass is 10.1. The highest BCUT2D eigenvalue weighted by Gasteiger charge is 2.23. The van der Waals surface area contributed by atoms with E-state index in [2.05, 4.69) is 34.3 Å². The molecule has 0 saturated heterocycles. The maximum atomic E-state index is 11.5. The van der Waals surface area contributed by atoms with Crippen LogP contribution in [-0.2, 0) is 11.3 Å². The van der Waals surface area contributed by atoms with E-state index in [0.717, 1.165) is 22.4 Å². The van der Waals surface area contributed by atoms with Crippen molar-refractivity contribution >= 4 is 21.8 Å². The first kappa shape index (κ1) is 14.3. The van der Waals surface area contributed by atoms with Crippen LogP contribution in [-0.4, -0.2) is 24.2 Å². The number of amides is 1. The molecule has 4 nitrogen and oxygen atoms in total. The van der Waals surface area contributed by atoms with E-state index in [0.29, 0.717) is 18.1 Å². The van der Waals surface area contributed by atoms with E-state index in [1.807, 2.05) is 6.92 Å². The van der Waals surface area contributed by atoms with Crippen LogP contribution in [0.1, 0.15) is 41.5 Å². The monoisotopic (exact) mass is 302 g/mol. The Balaban J connectivity index is 3.34. The van der Waals surface area contributed by atoms with Crippen molar-refractivity contribution in [3.63, 3.8) is 0 Å². The quantitative estimate of drug-likeness (QED) is 0.908. The van der Waals surface area contributed by atoms with Gasteiger partial charge in [0.25, 0.3) is 5.91 Å². The maximum Gasteiger partial charge on any atom is 0.251 e. The molecule has 0 aromatic carbocycles. The summed E-state index contributed by atoms with van der Waals surface area (Å²) < 4.78 is 8.00. The van der Waals surface area contributed by atoms with Gasteiger partial charge in [0.2, 0.25) is 0 Å². The van der Waals surface area contributed by atoms with E-state index in [1.54, 1.807) is 7.11 Å². The smallest absolute Gasteiger partial charge is 0.251 e. The summed E-state index contributed by atoms with van der Waals surface area (Å²) in [7, 11) is 1.66. The minimum Gasteiger partial charge on any atom is -0.383 e. The average molecular weight is 303 g/mol. The minimum absolute atomic E-state index is 0.313. The molecule has 1 heterocycles. The van der Waals surface area contributed by atoms with E-state index >= 15 is 0 Å². The number of nitrogens with two attached hydrogens (primary N) is 1. The van der Waals surface area contributed by atoms with Gasteiger partial charge in [-0.1, -0.05) is 13.8 Å². The Morgan fingerprint density at radius 3 is 2.53 bits per heavy atom. The van der Waals surface area contributed by atoms with Gasteiger partial charge in [0, 0.05) is 25.0 Å². The van der Waals surface area contributed by atoms with Crippen LogP contribution in [0.15, 0.2) is 4.47 Å². The van der Waals surface area contributed by atoms with Gasteiger partial charge in [-0.25, -0.2) is 0 Å². The lowest BCUT2D eigenvalue weighted by molar-refractivity contribution is 0.0998. The minimum atomic E-state index is -0.396. The first-order chi connectivity index (χ1) is 7.91. The van der Waals surface area contributed by atoms with Crippen molar-refractivity contribution in [3.05, 3.63) is 21.4 Å². The van der Waals surface area contributed by atoms with Gasteiger partial charge >= 0.3 is 0 Å². The van der Waals surface area contributed by atoms with Crippen LogP contribution in [0.3, 0.4) is 0 Å². The number of hydrogen-bond donors (Lipinski definition) is 1. The third kappa shape index (κ3) is 2.72. The van der Waals surface area contributed by atoms with Crippen molar-refractivity contribution in [2.45, 2.75) is 33.2 Å². The van der Waals surface area contributed by atoms with Gasteiger partial charge in [-0.2, -0.15) is 0 Å². The van der Waals surface area contributed by atoms with Crippen LogP contribution in [0.25, 0.3) is 0 Å². The summed E-state index contributed by atoms with van der Waals surface area (Å²) >= 11 is 3.48. The van der Waals surface area contributed by atoms with Crippen LogP contribution >= 0.6 is 15.9 Å². The molecule has 0 atom stereocenters. The van der Waals surface area contributed by atoms with E-state index < -0.39 is 5.91 Å². The SMILES string of the molecule is COCCn1c(C)c(C(N)=O)c(Br)c1C(C)C. The fourth-order valence-electron chi connectivity index (χ4n) is 2.04. The number of primary amides is 1. The second-order valence-corrected chi connectivity index (χ2v) is 5.12. The average Bonchev–Trinajstić information content (AvgIpc) is 2.46. The zero-order chi connectivity index (χ0) is 13.2. The number of nitrogens with zero attached hydrogens (tertiary/aromatic N) is 1. The van der Waals surface area contributed by atoms with Crippen molar-refractivity contribution in [3.8, 4) is 0 Å². The number of carbonyl (C=O) groups is 1. The van der Waals surface area contributed by atoms with Gasteiger partial charge in [-0.3, -0.25) is 4.79 Å². The van der Waals surface area contributed by atoms with Crippen LogP contribution in [0.2, 0.25) is 0 Å². The lowest BCUT2D eigenvalue weighted by Crippen LogP contribution is -2.14. The number of halogens is 1. The predicted molar refractivity (Wildman–Crippen MR) is 71.4 cm³/mol. The molecule has 0 radical (unpaired) electrons. The molecule has 0 saturated carbocycles. The second-order valence-electron chi connectivity index (χ2n) is 4.32. The normalized spacial score (nSPS) is 11.2. The van der Waals surface area contributed by atoms with Gasteiger partial charge in [0.1, 0.15) is 0 Å². The molecule has 1 aromatic heterocycles. The standard InChI is InChI=1S/C12H19BrN2O2/c1-7(2)11-10(13)9(12(14)16)8(3)15(11)5-6-17-4/h7H,5-6H2,1-4H3,(H2,14,16). The molecule has 0 unspecified atom stereocenters. The highest BCUT2D eigenvalue weighted by Crippen LogP contribution is 2.32. The van der Waals surface area contributed by atoms with E-state index in [9.17, 15) is 4.79 Å². The van der Waals surface area contributed by atoms with Gasteiger partial charge < -0.3 is 15.0 Å². The maximum absolute atomic E-state index is 11.5. The summed E-state index contributed by atoms with van der Waals surface area (Å²) in [4.78, 5) is 11.5. The zero-order valence-corrected chi connectivity index (χ0v) is 12.3. The highest BCUT2D eigenvalue weighted by molar-refractivity contribution is 9.10. The molecule has 0 spiro atoms. The zero-order valence-electron chi connectivity index (χ0n) is 10.7. The Labute approximate surface area is 110 Å². The van der Waals surface area contributed by atoms with Crippen LogP contribution < -0.4 is 5.73 Å². The molecule has 17 heavy (non-hydrogen) atoms. The van der Waals surface area contributed by atoms with E-state index in [-0.39, 0.29) is 0 Å². The summed E-state index contributed by atoms with van der Waals surface area (Å²) in [5.74, 6) is -0.0829. The Kier molecular flexibility index (Phi) is 4.77. The first-order valence-electron chi connectivity index (χ1n) is 5.59. The third-order valence-electron chi connectivity index (χ3n) is 2.81. The molecule has 5 heteroatoms. The number of methoxy groups -OCH3 is 1. The number of aromatic nitrogens is 1. The van der Waals surface area contributed by atoms with Crippen molar-refractivity contribution < 1.29 is 9.53 Å². The lowest BCUT2D eigenvalue weighted by Gasteiger charge is -2.14. The van der Waals surface area contributed by atoms with Gasteiger partial charge in [-0.15, -0.1) is 0 Å². The van der Waals surface area contributed by atoms with E-state index in [4.69, 9.17) is 10.5 Å². The van der Waals surface area contributed by atoms with Crippen molar-refractivity contribution in [2.24, 2.45) is 5.73 Å². The number of ether oxygens (including phenoxy) is 1. The molecular weight excluding hydrogens is 284 g/mol. The molecule has 96 valence electrons. The van der Waals surface area contributed by atoms with Crippen LogP contribution in [0.5, 0.6) is 0 Å². The second kappa shape index (κ2) is 5.69. The Bertz CT molecular complexity index is 425. The Hall–Kier alpha value is -0.810. The number of hydrogen-bond acceptors (Lipinski definition) is 2. The first-order valence-corrected chi connectivity index (χ1v) is 6.38. The molecule has 2 N–H and O–H groups in total. The number of rotatable bonds is 5. The summed E-state index contributed by atoms with van der Waals surface area (Å²) in [5, 5.41) is 0. The Morgan fingerprint density at radius 1 is 1.53 bits per heavy atom. The van der Waals surface area contributed by atoms with Gasteiger partial charge in [0.15, 0.2) is 0 Å². The molecular formula is C12H19BrN2O2.